The molecule has 112 valence electrons. The first-order valence-corrected chi connectivity index (χ1v) is 6.61. The molecule has 7 nitrogen and oxygen atoms in total. The van der Waals surface area contributed by atoms with Gasteiger partial charge in [-0.2, -0.15) is 0 Å². The molecule has 0 saturated carbocycles. The van der Waals surface area contributed by atoms with Crippen LogP contribution in [0.2, 0.25) is 0 Å². The van der Waals surface area contributed by atoms with Gasteiger partial charge in [0.25, 0.3) is 0 Å². The lowest BCUT2D eigenvalue weighted by Gasteiger charge is -2.14. The second-order valence-electron chi connectivity index (χ2n) is 5.09. The minimum Gasteiger partial charge on any atom is -0.366 e. The SMILES string of the molecule is Cc1ccc(C(N)=O)cc1NC(=O)NC1CCN(C)C1=O. The molecular formula is C14H18N4O3. The molecule has 1 fully saturated rings. The van der Waals surface area contributed by atoms with Gasteiger partial charge in [-0.05, 0) is 31.0 Å². The largest absolute Gasteiger partial charge is 0.366 e. The summed E-state index contributed by atoms with van der Waals surface area (Å²) in [5, 5.41) is 5.27. The van der Waals surface area contributed by atoms with Crippen molar-refractivity contribution in [3.05, 3.63) is 29.3 Å². The third kappa shape index (κ3) is 3.31. The summed E-state index contributed by atoms with van der Waals surface area (Å²) >= 11 is 0. The van der Waals surface area contributed by atoms with E-state index in [9.17, 15) is 14.4 Å². The molecule has 7 heteroatoms. The smallest absolute Gasteiger partial charge is 0.319 e. The van der Waals surface area contributed by atoms with Crippen LogP contribution in [0.15, 0.2) is 18.2 Å². The molecule has 1 saturated heterocycles. The minimum atomic E-state index is -0.564. The number of carbonyl (C=O) groups excluding carboxylic acids is 3. The van der Waals surface area contributed by atoms with Crippen LogP contribution in [-0.4, -0.2) is 42.4 Å². The lowest BCUT2D eigenvalue weighted by molar-refractivity contribution is -0.128. The molecule has 1 aromatic carbocycles. The molecular weight excluding hydrogens is 272 g/mol. The fourth-order valence-corrected chi connectivity index (χ4v) is 2.18. The van der Waals surface area contributed by atoms with Gasteiger partial charge in [-0.25, -0.2) is 4.79 Å². The zero-order chi connectivity index (χ0) is 15.6. The summed E-state index contributed by atoms with van der Waals surface area (Å²) < 4.78 is 0. The molecule has 1 atom stereocenters. The Morgan fingerprint density at radius 2 is 2.10 bits per heavy atom. The number of likely N-dealkylation sites (N-methyl/N-ethyl adjacent to an activating group) is 1. The Labute approximate surface area is 122 Å². The number of amides is 4. The summed E-state index contributed by atoms with van der Waals surface area (Å²) in [5.41, 5.74) is 6.81. The minimum absolute atomic E-state index is 0.104. The van der Waals surface area contributed by atoms with Crippen LogP contribution in [0.4, 0.5) is 10.5 Å². The number of benzene rings is 1. The molecule has 4 N–H and O–H groups in total. The molecule has 0 bridgehead atoms. The number of hydrogen-bond acceptors (Lipinski definition) is 3. The highest BCUT2D eigenvalue weighted by Crippen LogP contribution is 2.17. The van der Waals surface area contributed by atoms with Gasteiger partial charge in [0.15, 0.2) is 0 Å². The van der Waals surface area contributed by atoms with Crippen LogP contribution in [0.3, 0.4) is 0 Å². The van der Waals surface area contributed by atoms with Crippen molar-refractivity contribution in [2.45, 2.75) is 19.4 Å². The van der Waals surface area contributed by atoms with E-state index in [0.29, 0.717) is 24.2 Å². The van der Waals surface area contributed by atoms with Crippen molar-refractivity contribution in [3.63, 3.8) is 0 Å². The monoisotopic (exact) mass is 290 g/mol. The third-order valence-electron chi connectivity index (χ3n) is 3.50. The Morgan fingerprint density at radius 3 is 2.67 bits per heavy atom. The first-order valence-electron chi connectivity index (χ1n) is 6.61. The number of nitrogens with zero attached hydrogens (tertiary/aromatic N) is 1. The number of anilines is 1. The van der Waals surface area contributed by atoms with Crippen LogP contribution in [0, 0.1) is 6.92 Å². The summed E-state index contributed by atoms with van der Waals surface area (Å²) in [6, 6.07) is 3.82. The molecule has 1 aromatic rings. The lowest BCUT2D eigenvalue weighted by atomic mass is 10.1. The van der Waals surface area contributed by atoms with E-state index in [0.717, 1.165) is 5.56 Å². The van der Waals surface area contributed by atoms with E-state index in [4.69, 9.17) is 5.73 Å². The first kappa shape index (κ1) is 14.8. The molecule has 21 heavy (non-hydrogen) atoms. The van der Waals surface area contributed by atoms with E-state index < -0.39 is 18.0 Å². The van der Waals surface area contributed by atoms with Gasteiger partial charge in [-0.1, -0.05) is 6.07 Å². The molecule has 0 radical (unpaired) electrons. The number of primary amides is 1. The van der Waals surface area contributed by atoms with Gasteiger partial charge in [0.1, 0.15) is 6.04 Å². The van der Waals surface area contributed by atoms with Gasteiger partial charge in [-0.15, -0.1) is 0 Å². The summed E-state index contributed by atoms with van der Waals surface area (Å²) in [5.74, 6) is -0.668. The van der Waals surface area contributed by atoms with E-state index >= 15 is 0 Å². The maximum atomic E-state index is 11.9. The average molecular weight is 290 g/mol. The van der Waals surface area contributed by atoms with Crippen molar-refractivity contribution in [1.29, 1.82) is 0 Å². The summed E-state index contributed by atoms with van der Waals surface area (Å²) in [4.78, 5) is 36.4. The molecule has 0 aliphatic carbocycles. The average Bonchev–Trinajstić information content (AvgIpc) is 2.73. The van der Waals surface area contributed by atoms with Gasteiger partial charge in [0.05, 0.1) is 0 Å². The topological polar surface area (TPSA) is 105 Å². The predicted octanol–water partition coefficient (Wildman–Crippen LogP) is 0.446. The van der Waals surface area contributed by atoms with Crippen LogP contribution in [0.25, 0.3) is 0 Å². The van der Waals surface area contributed by atoms with E-state index in [1.165, 1.54) is 6.07 Å². The van der Waals surface area contributed by atoms with Crippen LogP contribution in [-0.2, 0) is 4.79 Å². The quantitative estimate of drug-likeness (QED) is 0.752. The third-order valence-corrected chi connectivity index (χ3v) is 3.50. The molecule has 1 heterocycles. The van der Waals surface area contributed by atoms with Crippen LogP contribution < -0.4 is 16.4 Å². The summed E-state index contributed by atoms with van der Waals surface area (Å²) in [7, 11) is 1.70. The Balaban J connectivity index is 2.04. The normalized spacial score (nSPS) is 17.7. The Hall–Kier alpha value is -2.57. The number of likely N-dealkylation sites (tertiary alicyclic amines) is 1. The zero-order valence-corrected chi connectivity index (χ0v) is 12.0. The van der Waals surface area contributed by atoms with Gasteiger partial charge in [0.2, 0.25) is 11.8 Å². The first-order chi connectivity index (χ1) is 9.88. The maximum absolute atomic E-state index is 11.9. The Morgan fingerprint density at radius 1 is 1.38 bits per heavy atom. The highest BCUT2D eigenvalue weighted by Gasteiger charge is 2.30. The van der Waals surface area contributed by atoms with Gasteiger partial charge >= 0.3 is 6.03 Å². The summed E-state index contributed by atoms with van der Waals surface area (Å²) in [6.45, 7) is 2.43. The fraction of sp³-hybridized carbons (Fsp3) is 0.357. The molecule has 0 spiro atoms. The number of carbonyl (C=O) groups is 3. The number of nitrogens with one attached hydrogen (secondary N) is 2. The maximum Gasteiger partial charge on any atom is 0.319 e. The van der Waals surface area contributed by atoms with Crippen molar-refractivity contribution < 1.29 is 14.4 Å². The number of nitrogens with two attached hydrogens (primary N) is 1. The number of urea groups is 1. The van der Waals surface area contributed by atoms with Crippen molar-refractivity contribution in [2.75, 3.05) is 18.9 Å². The molecule has 1 aliphatic heterocycles. The van der Waals surface area contributed by atoms with Gasteiger partial charge < -0.3 is 21.3 Å². The standard InChI is InChI=1S/C14H18N4O3/c1-8-3-4-9(12(15)19)7-11(8)17-14(21)16-10-5-6-18(2)13(10)20/h3-4,7,10H,5-6H2,1-2H3,(H2,15,19)(H2,16,17,21). The molecule has 2 rings (SSSR count). The molecule has 4 amide bonds. The van der Waals surface area contributed by atoms with E-state index in [-0.39, 0.29) is 5.91 Å². The molecule has 1 unspecified atom stereocenters. The lowest BCUT2D eigenvalue weighted by Crippen LogP contribution is -2.42. The second-order valence-corrected chi connectivity index (χ2v) is 5.09. The van der Waals surface area contributed by atoms with E-state index in [1.54, 1.807) is 31.0 Å². The van der Waals surface area contributed by atoms with Gasteiger partial charge in [-0.3, -0.25) is 9.59 Å². The molecule has 1 aliphatic rings. The van der Waals surface area contributed by atoms with Crippen LogP contribution in [0.1, 0.15) is 22.3 Å². The second kappa shape index (κ2) is 5.82. The van der Waals surface area contributed by atoms with Crippen molar-refractivity contribution >= 4 is 23.5 Å². The van der Waals surface area contributed by atoms with Crippen LogP contribution >= 0.6 is 0 Å². The summed E-state index contributed by atoms with van der Waals surface area (Å²) in [6.07, 6.45) is 0.586. The predicted molar refractivity (Wildman–Crippen MR) is 77.9 cm³/mol. The van der Waals surface area contributed by atoms with E-state index in [2.05, 4.69) is 10.6 Å². The highest BCUT2D eigenvalue weighted by atomic mass is 16.2. The van der Waals surface area contributed by atoms with Gasteiger partial charge in [0, 0.05) is 24.8 Å². The molecule has 0 aromatic heterocycles. The van der Waals surface area contributed by atoms with Crippen molar-refractivity contribution in [1.82, 2.24) is 10.2 Å². The Kier molecular flexibility index (Phi) is 4.11. The Bertz CT molecular complexity index is 600. The number of aryl methyl sites for hydroxylation is 1. The van der Waals surface area contributed by atoms with E-state index in [1.807, 2.05) is 0 Å². The number of hydrogen-bond donors (Lipinski definition) is 3. The van der Waals surface area contributed by atoms with Crippen molar-refractivity contribution in [2.24, 2.45) is 5.73 Å². The fourth-order valence-electron chi connectivity index (χ4n) is 2.18. The number of rotatable bonds is 3. The van der Waals surface area contributed by atoms with Crippen molar-refractivity contribution in [3.8, 4) is 0 Å². The van der Waals surface area contributed by atoms with Crippen LogP contribution in [0.5, 0.6) is 0 Å². The highest BCUT2D eigenvalue weighted by molar-refractivity contribution is 5.98. The zero-order valence-electron chi connectivity index (χ0n) is 12.0.